The molecule has 3 aliphatic rings. The van der Waals surface area contributed by atoms with Gasteiger partial charge in [0.05, 0.1) is 11.4 Å². The highest BCUT2D eigenvalue weighted by atomic mass is 16.1. The molecule has 0 spiro atoms. The first kappa shape index (κ1) is 18.9. The highest BCUT2D eigenvalue weighted by molar-refractivity contribution is 5.76. The van der Waals surface area contributed by atoms with Gasteiger partial charge in [-0.15, -0.1) is 5.10 Å². The first-order valence-electron chi connectivity index (χ1n) is 11.3. The number of rotatable bonds is 7. The molecule has 4 rings (SSSR count). The molecule has 3 aliphatic carbocycles. The smallest absolute Gasteiger partial charge is 0.220 e. The van der Waals surface area contributed by atoms with Gasteiger partial charge in [-0.25, -0.2) is 4.68 Å². The quantitative estimate of drug-likeness (QED) is 0.738. The zero-order chi connectivity index (χ0) is 18.8. The van der Waals surface area contributed by atoms with E-state index in [1.165, 1.54) is 49.9 Å². The third-order valence-electron chi connectivity index (χ3n) is 7.63. The van der Waals surface area contributed by atoms with Gasteiger partial charge >= 0.3 is 0 Å². The standard InChI is InChI=1S/C22H36N4O/c1-15-18-10-12-20-21(13-11-19(15)18)26(25-24-20)14-6-5-9-22(27)23-16(2)17-7-3-4-8-17/h15-19H,3-14H2,1-2H3,(H,23,27). The van der Waals surface area contributed by atoms with Gasteiger partial charge in [0.15, 0.2) is 0 Å². The summed E-state index contributed by atoms with van der Waals surface area (Å²) in [5, 5.41) is 12.1. The van der Waals surface area contributed by atoms with E-state index in [1.54, 1.807) is 0 Å². The van der Waals surface area contributed by atoms with E-state index < -0.39 is 0 Å². The number of nitrogens with one attached hydrogen (secondary N) is 1. The van der Waals surface area contributed by atoms with E-state index in [0.717, 1.165) is 50.0 Å². The van der Waals surface area contributed by atoms with Crippen molar-refractivity contribution in [3.05, 3.63) is 11.4 Å². The normalized spacial score (nSPS) is 28.7. The monoisotopic (exact) mass is 372 g/mol. The van der Waals surface area contributed by atoms with Crippen molar-refractivity contribution in [3.63, 3.8) is 0 Å². The highest BCUT2D eigenvalue weighted by Crippen LogP contribution is 2.52. The summed E-state index contributed by atoms with van der Waals surface area (Å²) in [4.78, 5) is 12.2. The van der Waals surface area contributed by atoms with Crippen LogP contribution in [-0.2, 0) is 24.2 Å². The van der Waals surface area contributed by atoms with Crippen LogP contribution in [0, 0.1) is 23.7 Å². The second kappa shape index (κ2) is 8.32. The Kier molecular flexibility index (Phi) is 5.84. The van der Waals surface area contributed by atoms with Crippen molar-refractivity contribution < 1.29 is 4.79 Å². The van der Waals surface area contributed by atoms with Gasteiger partial charge in [-0.05, 0) is 82.0 Å². The summed E-state index contributed by atoms with van der Waals surface area (Å²) in [7, 11) is 0. The second-order valence-electron chi connectivity index (χ2n) is 9.33. The number of nitrogens with zero attached hydrogens (tertiary/aromatic N) is 3. The minimum Gasteiger partial charge on any atom is -0.353 e. The molecule has 0 aromatic carbocycles. The van der Waals surface area contributed by atoms with E-state index in [-0.39, 0.29) is 5.91 Å². The van der Waals surface area contributed by atoms with Crippen LogP contribution in [0.2, 0.25) is 0 Å². The summed E-state index contributed by atoms with van der Waals surface area (Å²) in [6, 6.07) is 0.337. The third kappa shape index (κ3) is 4.38. The van der Waals surface area contributed by atoms with Crippen molar-refractivity contribution in [2.75, 3.05) is 0 Å². The topological polar surface area (TPSA) is 59.8 Å². The van der Waals surface area contributed by atoms with Crippen molar-refractivity contribution in [2.24, 2.45) is 23.7 Å². The minimum absolute atomic E-state index is 0.220. The van der Waals surface area contributed by atoms with Crippen LogP contribution in [0.3, 0.4) is 0 Å². The minimum atomic E-state index is 0.220. The van der Waals surface area contributed by atoms with Crippen LogP contribution in [0.1, 0.15) is 83.0 Å². The SMILES string of the molecule is CC(NC(=O)CCCCn1nnc2c1CCC1C(C)C1CC2)C1CCCC1. The molecule has 0 bridgehead atoms. The summed E-state index contributed by atoms with van der Waals surface area (Å²) in [5.41, 5.74) is 2.60. The Morgan fingerprint density at radius 3 is 2.67 bits per heavy atom. The Hall–Kier alpha value is -1.39. The molecular formula is C22H36N4O. The lowest BCUT2D eigenvalue weighted by Gasteiger charge is -2.20. The van der Waals surface area contributed by atoms with E-state index in [1.807, 2.05) is 0 Å². The summed E-state index contributed by atoms with van der Waals surface area (Å²) >= 11 is 0. The molecule has 5 nitrogen and oxygen atoms in total. The first-order valence-corrected chi connectivity index (χ1v) is 11.3. The molecule has 2 saturated carbocycles. The summed E-state index contributed by atoms with van der Waals surface area (Å²) < 4.78 is 2.13. The summed E-state index contributed by atoms with van der Waals surface area (Å²) in [6.07, 6.45) is 12.6. The average molecular weight is 373 g/mol. The van der Waals surface area contributed by atoms with E-state index in [2.05, 4.69) is 34.2 Å². The maximum Gasteiger partial charge on any atom is 0.220 e. The van der Waals surface area contributed by atoms with Crippen molar-refractivity contribution in [1.82, 2.24) is 20.3 Å². The number of aryl methyl sites for hydroxylation is 2. The Bertz CT molecular complexity index is 649. The number of hydrogen-bond acceptors (Lipinski definition) is 3. The van der Waals surface area contributed by atoms with Crippen molar-refractivity contribution >= 4 is 5.91 Å². The Labute approximate surface area is 163 Å². The zero-order valence-electron chi connectivity index (χ0n) is 17.1. The molecule has 1 N–H and O–H groups in total. The lowest BCUT2D eigenvalue weighted by Crippen LogP contribution is -2.37. The fourth-order valence-electron chi connectivity index (χ4n) is 5.66. The third-order valence-corrected chi connectivity index (χ3v) is 7.63. The van der Waals surface area contributed by atoms with E-state index in [0.29, 0.717) is 18.4 Å². The molecule has 0 radical (unpaired) electrons. The fraction of sp³-hybridized carbons (Fsp3) is 0.864. The maximum atomic E-state index is 12.2. The lowest BCUT2D eigenvalue weighted by atomic mass is 9.99. The number of hydrogen-bond donors (Lipinski definition) is 1. The van der Waals surface area contributed by atoms with E-state index in [9.17, 15) is 4.79 Å². The molecule has 1 aromatic heterocycles. The van der Waals surface area contributed by atoms with Gasteiger partial charge in [-0.3, -0.25) is 4.79 Å². The number of unbranched alkanes of at least 4 members (excludes halogenated alkanes) is 1. The van der Waals surface area contributed by atoms with Gasteiger partial charge in [0.2, 0.25) is 5.91 Å². The molecule has 4 atom stereocenters. The fourth-order valence-corrected chi connectivity index (χ4v) is 5.66. The van der Waals surface area contributed by atoms with Gasteiger partial charge < -0.3 is 5.32 Å². The van der Waals surface area contributed by atoms with Crippen molar-refractivity contribution in [1.29, 1.82) is 0 Å². The molecule has 5 heteroatoms. The predicted molar refractivity (Wildman–Crippen MR) is 106 cm³/mol. The van der Waals surface area contributed by atoms with Crippen LogP contribution < -0.4 is 5.32 Å². The Morgan fingerprint density at radius 1 is 1.15 bits per heavy atom. The van der Waals surface area contributed by atoms with Gasteiger partial charge in [0, 0.05) is 19.0 Å². The number of carbonyl (C=O) groups excluding carboxylic acids is 1. The van der Waals surface area contributed by atoms with E-state index in [4.69, 9.17) is 0 Å². The zero-order valence-corrected chi connectivity index (χ0v) is 17.1. The number of aromatic nitrogens is 3. The molecule has 0 saturated heterocycles. The number of fused-ring (bicyclic) bond motifs is 2. The van der Waals surface area contributed by atoms with Crippen LogP contribution in [0.4, 0.5) is 0 Å². The number of amides is 1. The van der Waals surface area contributed by atoms with Crippen LogP contribution in [0.15, 0.2) is 0 Å². The van der Waals surface area contributed by atoms with Crippen molar-refractivity contribution in [2.45, 2.75) is 97.1 Å². The summed E-state index contributed by atoms with van der Waals surface area (Å²) in [5.74, 6) is 3.70. The van der Waals surface area contributed by atoms with Crippen LogP contribution >= 0.6 is 0 Å². The molecule has 1 heterocycles. The van der Waals surface area contributed by atoms with Gasteiger partial charge in [0.1, 0.15) is 0 Å². The molecule has 4 unspecified atom stereocenters. The van der Waals surface area contributed by atoms with Gasteiger partial charge in [-0.2, -0.15) is 0 Å². The summed E-state index contributed by atoms with van der Waals surface area (Å²) in [6.45, 7) is 5.48. The molecule has 2 fully saturated rings. The first-order chi connectivity index (χ1) is 13.1. The van der Waals surface area contributed by atoms with Gasteiger partial charge in [0.25, 0.3) is 0 Å². The Morgan fingerprint density at radius 2 is 1.89 bits per heavy atom. The molecule has 150 valence electrons. The molecule has 0 aliphatic heterocycles. The van der Waals surface area contributed by atoms with Gasteiger partial charge in [-0.1, -0.05) is 25.0 Å². The maximum absolute atomic E-state index is 12.2. The van der Waals surface area contributed by atoms with Crippen LogP contribution in [0.5, 0.6) is 0 Å². The van der Waals surface area contributed by atoms with Crippen LogP contribution in [-0.4, -0.2) is 26.9 Å². The Balaban J connectivity index is 1.19. The molecule has 1 aromatic rings. The molecule has 27 heavy (non-hydrogen) atoms. The second-order valence-corrected chi connectivity index (χ2v) is 9.33. The molecule has 1 amide bonds. The van der Waals surface area contributed by atoms with E-state index >= 15 is 0 Å². The predicted octanol–water partition coefficient (Wildman–Crippen LogP) is 3.90. The highest BCUT2D eigenvalue weighted by Gasteiger charge is 2.46. The van der Waals surface area contributed by atoms with Crippen molar-refractivity contribution in [3.8, 4) is 0 Å². The largest absolute Gasteiger partial charge is 0.353 e. The lowest BCUT2D eigenvalue weighted by molar-refractivity contribution is -0.122. The van der Waals surface area contributed by atoms with Crippen LogP contribution in [0.25, 0.3) is 0 Å². The molecular weight excluding hydrogens is 336 g/mol. The number of carbonyl (C=O) groups is 1. The average Bonchev–Trinajstić information content (AvgIpc) is 3.04.